The Kier molecular flexibility index (Phi) is 5.28. The molecule has 4 nitrogen and oxygen atoms in total. The average Bonchev–Trinajstić information content (AvgIpc) is 3.16. The maximum absolute atomic E-state index is 13.8. The standard InChI is InChI=1S/C23H15ClFN3O/c24-19-4-3-5-20(25)18(19)14-29-17-10-8-15(9-11-17)12-16(13-26)23-27-21-6-1-2-7-22(21)28-23/h1-12H,14H2,(H,27,28)/b16-12-. The molecule has 0 bridgehead atoms. The van der Waals surface area contributed by atoms with Gasteiger partial charge >= 0.3 is 0 Å². The molecule has 0 atom stereocenters. The van der Waals surface area contributed by atoms with Crippen LogP contribution >= 0.6 is 11.6 Å². The largest absolute Gasteiger partial charge is 0.489 e. The second kappa shape index (κ2) is 8.17. The zero-order chi connectivity index (χ0) is 20.2. The van der Waals surface area contributed by atoms with E-state index in [1.54, 1.807) is 30.3 Å². The maximum atomic E-state index is 13.8. The molecular weight excluding hydrogens is 389 g/mol. The van der Waals surface area contributed by atoms with Crippen molar-refractivity contribution in [1.29, 1.82) is 5.26 Å². The number of rotatable bonds is 5. The van der Waals surface area contributed by atoms with Crippen LogP contribution in [0.4, 0.5) is 4.39 Å². The van der Waals surface area contributed by atoms with Gasteiger partial charge in [-0.25, -0.2) is 9.37 Å². The molecule has 4 aromatic rings. The zero-order valence-electron chi connectivity index (χ0n) is 15.2. The van der Waals surface area contributed by atoms with Crippen molar-refractivity contribution in [3.05, 3.63) is 94.5 Å². The summed E-state index contributed by atoms with van der Waals surface area (Å²) in [5.41, 5.74) is 3.24. The van der Waals surface area contributed by atoms with Gasteiger partial charge in [0.05, 0.1) is 21.6 Å². The van der Waals surface area contributed by atoms with Crippen molar-refractivity contribution in [3.63, 3.8) is 0 Å². The smallest absolute Gasteiger partial charge is 0.149 e. The van der Waals surface area contributed by atoms with Crippen LogP contribution in [0.3, 0.4) is 0 Å². The number of nitriles is 1. The second-order valence-electron chi connectivity index (χ2n) is 6.33. The van der Waals surface area contributed by atoms with Crippen LogP contribution < -0.4 is 4.74 Å². The number of para-hydroxylation sites is 2. The molecule has 142 valence electrons. The quantitative estimate of drug-likeness (QED) is 0.416. The summed E-state index contributed by atoms with van der Waals surface area (Å²) < 4.78 is 19.5. The zero-order valence-corrected chi connectivity index (χ0v) is 15.9. The number of allylic oxidation sites excluding steroid dienone is 1. The number of nitrogens with one attached hydrogen (secondary N) is 1. The summed E-state index contributed by atoms with van der Waals surface area (Å²) in [4.78, 5) is 7.61. The number of ether oxygens (including phenoxy) is 1. The van der Waals surface area contributed by atoms with Crippen LogP contribution in [0.5, 0.6) is 5.75 Å². The lowest BCUT2D eigenvalue weighted by molar-refractivity contribution is 0.300. The van der Waals surface area contributed by atoms with E-state index in [0.717, 1.165) is 16.6 Å². The minimum absolute atomic E-state index is 0.0309. The van der Waals surface area contributed by atoms with Gasteiger partial charge in [0.2, 0.25) is 0 Å². The lowest BCUT2D eigenvalue weighted by atomic mass is 10.1. The third-order valence-corrected chi connectivity index (χ3v) is 4.76. The molecule has 3 aromatic carbocycles. The lowest BCUT2D eigenvalue weighted by Crippen LogP contribution is -1.99. The Morgan fingerprint density at radius 1 is 1.10 bits per heavy atom. The molecule has 1 N–H and O–H groups in total. The summed E-state index contributed by atoms with van der Waals surface area (Å²) in [6, 6.07) is 21.5. The van der Waals surface area contributed by atoms with Crippen molar-refractivity contribution in [2.45, 2.75) is 6.61 Å². The fourth-order valence-corrected chi connectivity index (χ4v) is 3.10. The van der Waals surface area contributed by atoms with Crippen LogP contribution in [0.1, 0.15) is 17.0 Å². The lowest BCUT2D eigenvalue weighted by Gasteiger charge is -2.09. The van der Waals surface area contributed by atoms with E-state index in [1.165, 1.54) is 6.07 Å². The molecule has 0 amide bonds. The molecule has 4 rings (SSSR count). The average molecular weight is 404 g/mol. The van der Waals surface area contributed by atoms with Crippen molar-refractivity contribution in [2.24, 2.45) is 0 Å². The molecule has 0 saturated heterocycles. The molecule has 1 aromatic heterocycles. The second-order valence-corrected chi connectivity index (χ2v) is 6.74. The predicted octanol–water partition coefficient (Wildman–Crippen LogP) is 6.00. The number of fused-ring (bicyclic) bond motifs is 1. The molecular formula is C23H15ClFN3O. The minimum Gasteiger partial charge on any atom is -0.489 e. The predicted molar refractivity (Wildman–Crippen MR) is 112 cm³/mol. The molecule has 29 heavy (non-hydrogen) atoms. The monoisotopic (exact) mass is 403 g/mol. The molecule has 0 aliphatic carbocycles. The molecule has 1 heterocycles. The van der Waals surface area contributed by atoms with E-state index in [1.807, 2.05) is 36.4 Å². The van der Waals surface area contributed by atoms with Gasteiger partial charge in [0, 0.05) is 5.56 Å². The van der Waals surface area contributed by atoms with Crippen LogP contribution in [0.25, 0.3) is 22.7 Å². The Bertz CT molecular complexity index is 1190. The highest BCUT2D eigenvalue weighted by Gasteiger charge is 2.09. The van der Waals surface area contributed by atoms with Gasteiger partial charge in [-0.1, -0.05) is 41.9 Å². The number of hydrogen-bond acceptors (Lipinski definition) is 3. The van der Waals surface area contributed by atoms with Crippen molar-refractivity contribution in [1.82, 2.24) is 9.97 Å². The number of halogens is 2. The fourth-order valence-electron chi connectivity index (χ4n) is 2.89. The van der Waals surface area contributed by atoms with E-state index in [0.29, 0.717) is 27.7 Å². The van der Waals surface area contributed by atoms with Crippen molar-refractivity contribution >= 4 is 34.3 Å². The van der Waals surface area contributed by atoms with Crippen molar-refractivity contribution in [3.8, 4) is 11.8 Å². The van der Waals surface area contributed by atoms with Gasteiger partial charge in [-0.3, -0.25) is 0 Å². The van der Waals surface area contributed by atoms with Gasteiger partial charge < -0.3 is 9.72 Å². The van der Waals surface area contributed by atoms with E-state index in [4.69, 9.17) is 16.3 Å². The van der Waals surface area contributed by atoms with Crippen molar-refractivity contribution < 1.29 is 9.13 Å². The number of aromatic amines is 1. The van der Waals surface area contributed by atoms with Crippen LogP contribution in [0.2, 0.25) is 5.02 Å². The first-order chi connectivity index (χ1) is 14.1. The molecule has 6 heteroatoms. The summed E-state index contributed by atoms with van der Waals surface area (Å²) in [5, 5.41) is 9.86. The van der Waals surface area contributed by atoms with Gasteiger partial charge in [0.25, 0.3) is 0 Å². The van der Waals surface area contributed by atoms with Crippen LogP contribution in [0, 0.1) is 17.1 Å². The van der Waals surface area contributed by atoms with E-state index in [2.05, 4.69) is 16.0 Å². The van der Waals surface area contributed by atoms with Gasteiger partial charge in [0.1, 0.15) is 30.1 Å². The first-order valence-corrected chi connectivity index (χ1v) is 9.24. The van der Waals surface area contributed by atoms with Crippen LogP contribution in [0.15, 0.2) is 66.7 Å². The number of H-pyrrole nitrogens is 1. The number of nitrogens with zero attached hydrogens (tertiary/aromatic N) is 2. The Morgan fingerprint density at radius 2 is 1.90 bits per heavy atom. The van der Waals surface area contributed by atoms with Gasteiger partial charge in [-0.15, -0.1) is 0 Å². The highest BCUT2D eigenvalue weighted by molar-refractivity contribution is 6.31. The molecule has 0 saturated carbocycles. The van der Waals surface area contributed by atoms with E-state index in [-0.39, 0.29) is 6.61 Å². The molecule has 0 fully saturated rings. The Labute approximate surface area is 171 Å². The number of hydrogen-bond donors (Lipinski definition) is 1. The fraction of sp³-hybridized carbons (Fsp3) is 0.0435. The molecule has 0 radical (unpaired) electrons. The Hall–Kier alpha value is -3.62. The summed E-state index contributed by atoms with van der Waals surface area (Å²) >= 11 is 6.01. The van der Waals surface area contributed by atoms with E-state index >= 15 is 0 Å². The highest BCUT2D eigenvalue weighted by atomic mass is 35.5. The molecule has 0 aliphatic heterocycles. The molecule has 0 unspecified atom stereocenters. The topological polar surface area (TPSA) is 61.7 Å². The highest BCUT2D eigenvalue weighted by Crippen LogP contribution is 2.23. The maximum Gasteiger partial charge on any atom is 0.149 e. The van der Waals surface area contributed by atoms with E-state index < -0.39 is 5.82 Å². The third kappa shape index (κ3) is 4.13. The van der Waals surface area contributed by atoms with Gasteiger partial charge in [-0.2, -0.15) is 5.26 Å². The van der Waals surface area contributed by atoms with Crippen LogP contribution in [-0.2, 0) is 6.61 Å². The Balaban J connectivity index is 1.51. The van der Waals surface area contributed by atoms with E-state index in [9.17, 15) is 9.65 Å². The Morgan fingerprint density at radius 3 is 2.62 bits per heavy atom. The third-order valence-electron chi connectivity index (χ3n) is 4.40. The first kappa shape index (κ1) is 18.7. The van der Waals surface area contributed by atoms with Gasteiger partial charge in [0.15, 0.2) is 0 Å². The van der Waals surface area contributed by atoms with Crippen molar-refractivity contribution in [2.75, 3.05) is 0 Å². The van der Waals surface area contributed by atoms with Crippen LogP contribution in [-0.4, -0.2) is 9.97 Å². The molecule has 0 spiro atoms. The normalized spacial score (nSPS) is 11.4. The first-order valence-electron chi connectivity index (χ1n) is 8.87. The minimum atomic E-state index is -0.401. The number of benzene rings is 3. The summed E-state index contributed by atoms with van der Waals surface area (Å²) in [7, 11) is 0. The SMILES string of the molecule is N#C/C(=C/c1ccc(OCc2c(F)cccc2Cl)cc1)c1nc2ccccc2[nH]1. The summed E-state index contributed by atoms with van der Waals surface area (Å²) in [6.45, 7) is 0.0309. The number of aromatic nitrogens is 2. The van der Waals surface area contributed by atoms with Gasteiger partial charge in [-0.05, 0) is 48.0 Å². The summed E-state index contributed by atoms with van der Waals surface area (Å²) in [5.74, 6) is 0.688. The molecule has 0 aliphatic rings. The summed E-state index contributed by atoms with van der Waals surface area (Å²) in [6.07, 6.45) is 1.75. The number of imidazole rings is 1.